The van der Waals surface area contributed by atoms with Crippen LogP contribution in [0.25, 0.3) is 10.2 Å². The van der Waals surface area contributed by atoms with Crippen LogP contribution in [-0.4, -0.2) is 22.5 Å². The predicted octanol–water partition coefficient (Wildman–Crippen LogP) is 6.22. The molecule has 0 aliphatic rings. The van der Waals surface area contributed by atoms with E-state index in [4.69, 9.17) is 4.74 Å². The number of carbonyl (C=O) groups is 1. The fraction of sp³-hybridized carbons (Fsp3) is 0.200. The molecule has 0 aliphatic carbocycles. The largest absolute Gasteiger partial charge is 0.457 e. The normalized spacial score (nSPS) is 11.8. The fourth-order valence-electron chi connectivity index (χ4n) is 3.49. The second-order valence-electron chi connectivity index (χ2n) is 7.29. The summed E-state index contributed by atoms with van der Waals surface area (Å²) in [5, 5.41) is 0. The van der Waals surface area contributed by atoms with E-state index in [9.17, 15) is 4.79 Å². The Balaban J connectivity index is 1.79. The van der Waals surface area contributed by atoms with Crippen LogP contribution < -0.4 is 9.54 Å². The van der Waals surface area contributed by atoms with E-state index < -0.39 is 0 Å². The van der Waals surface area contributed by atoms with E-state index in [0.29, 0.717) is 17.1 Å². The molecule has 0 spiro atoms. The number of nitrogens with zero attached hydrogens (tertiary/aromatic N) is 2. The molecule has 0 atom stereocenters. The van der Waals surface area contributed by atoms with Crippen LogP contribution in [0.2, 0.25) is 0 Å². The lowest BCUT2D eigenvalue weighted by molar-refractivity contribution is 0.0995. The maximum Gasteiger partial charge on any atom is 0.283 e. The molecule has 0 aliphatic heterocycles. The third-order valence-corrected chi connectivity index (χ3v) is 6.74. The number of fused-ring (bicyclic) bond motifs is 1. The van der Waals surface area contributed by atoms with Gasteiger partial charge in [0.25, 0.3) is 5.91 Å². The topological polar surface area (TPSA) is 43.6 Å². The van der Waals surface area contributed by atoms with Crippen LogP contribution in [0.1, 0.15) is 21.5 Å². The van der Waals surface area contributed by atoms with Gasteiger partial charge in [-0.2, -0.15) is 16.8 Å². The average molecular weight is 449 g/mol. The summed E-state index contributed by atoms with van der Waals surface area (Å²) in [6, 6.07) is 21.1. The number of aromatic nitrogens is 1. The van der Waals surface area contributed by atoms with Gasteiger partial charge >= 0.3 is 0 Å². The summed E-state index contributed by atoms with van der Waals surface area (Å²) in [5.74, 6) is 1.84. The molecule has 0 unspecified atom stereocenters. The number of thiazole rings is 1. The molecule has 0 saturated carbocycles. The van der Waals surface area contributed by atoms with Crippen molar-refractivity contribution < 1.29 is 9.53 Å². The molecule has 158 valence electrons. The first-order chi connectivity index (χ1) is 15.1. The maximum absolute atomic E-state index is 13.2. The molecule has 6 heteroatoms. The second-order valence-corrected chi connectivity index (χ2v) is 9.25. The van der Waals surface area contributed by atoms with Crippen LogP contribution in [0, 0.1) is 13.8 Å². The van der Waals surface area contributed by atoms with Gasteiger partial charge in [0, 0.05) is 12.3 Å². The standard InChI is InChI=1S/C25H24N2O2S2/c1-17-15-18(2)23-21(16-17)27(13-14-30-3)25(31-23)26-24(28)20-11-7-8-12-22(20)29-19-9-5-4-6-10-19/h4-12,15-16H,13-14H2,1-3H3. The van der Waals surface area contributed by atoms with Crippen molar-refractivity contribution in [3.8, 4) is 11.5 Å². The molecule has 1 amide bonds. The summed E-state index contributed by atoms with van der Waals surface area (Å²) in [5.41, 5.74) is 4.00. The molecular formula is C25H24N2O2S2. The Bertz CT molecular complexity index is 1290. The summed E-state index contributed by atoms with van der Waals surface area (Å²) in [6.07, 6.45) is 2.09. The van der Waals surface area contributed by atoms with E-state index >= 15 is 0 Å². The van der Waals surface area contributed by atoms with E-state index in [-0.39, 0.29) is 5.91 Å². The highest BCUT2D eigenvalue weighted by Crippen LogP contribution is 2.27. The quantitative estimate of drug-likeness (QED) is 0.352. The molecule has 1 heterocycles. The SMILES string of the molecule is CSCCn1c(=NC(=O)c2ccccc2Oc2ccccc2)sc2c(C)cc(C)cc21. The van der Waals surface area contributed by atoms with E-state index in [0.717, 1.165) is 22.6 Å². The van der Waals surface area contributed by atoms with Crippen LogP contribution in [0.3, 0.4) is 0 Å². The first kappa shape index (κ1) is 21.4. The van der Waals surface area contributed by atoms with Gasteiger partial charge in [0.2, 0.25) is 0 Å². The highest BCUT2D eigenvalue weighted by molar-refractivity contribution is 7.98. The summed E-state index contributed by atoms with van der Waals surface area (Å²) in [6.45, 7) is 5.01. The summed E-state index contributed by atoms with van der Waals surface area (Å²) in [4.78, 5) is 18.5. The molecule has 0 bridgehead atoms. The van der Waals surface area contributed by atoms with Crippen molar-refractivity contribution in [1.29, 1.82) is 0 Å². The van der Waals surface area contributed by atoms with E-state index in [1.54, 1.807) is 35.2 Å². The average Bonchev–Trinajstić information content (AvgIpc) is 3.10. The van der Waals surface area contributed by atoms with Crippen LogP contribution >= 0.6 is 23.1 Å². The molecule has 0 N–H and O–H groups in total. The first-order valence-corrected chi connectivity index (χ1v) is 12.3. The molecule has 3 aromatic carbocycles. The minimum atomic E-state index is -0.301. The minimum absolute atomic E-state index is 0.301. The monoisotopic (exact) mass is 448 g/mol. The molecule has 4 nitrogen and oxygen atoms in total. The number of ether oxygens (including phenoxy) is 1. The zero-order valence-electron chi connectivity index (χ0n) is 17.8. The van der Waals surface area contributed by atoms with Gasteiger partial charge in [-0.05, 0) is 61.6 Å². The Hall–Kier alpha value is -2.83. The molecule has 31 heavy (non-hydrogen) atoms. The van der Waals surface area contributed by atoms with Crippen molar-refractivity contribution in [2.75, 3.05) is 12.0 Å². The minimum Gasteiger partial charge on any atom is -0.457 e. The van der Waals surface area contributed by atoms with Crippen molar-refractivity contribution in [1.82, 2.24) is 4.57 Å². The smallest absolute Gasteiger partial charge is 0.283 e. The van der Waals surface area contributed by atoms with Gasteiger partial charge in [-0.25, -0.2) is 0 Å². The van der Waals surface area contributed by atoms with E-state index in [2.05, 4.69) is 41.8 Å². The number of rotatable bonds is 6. The number of thioether (sulfide) groups is 1. The molecular weight excluding hydrogens is 424 g/mol. The summed E-state index contributed by atoms with van der Waals surface area (Å²) in [7, 11) is 0. The van der Waals surface area contributed by atoms with Crippen LogP contribution in [0.15, 0.2) is 71.7 Å². The third-order valence-electron chi connectivity index (χ3n) is 4.92. The zero-order valence-corrected chi connectivity index (χ0v) is 19.4. The van der Waals surface area contributed by atoms with Gasteiger partial charge in [-0.1, -0.05) is 47.7 Å². The Morgan fingerprint density at radius 1 is 1.06 bits per heavy atom. The number of aryl methyl sites for hydroxylation is 3. The van der Waals surface area contributed by atoms with E-state index in [1.807, 2.05) is 42.5 Å². The van der Waals surface area contributed by atoms with Gasteiger partial charge < -0.3 is 9.30 Å². The van der Waals surface area contributed by atoms with Crippen molar-refractivity contribution in [2.45, 2.75) is 20.4 Å². The lowest BCUT2D eigenvalue weighted by Gasteiger charge is -2.09. The third kappa shape index (κ3) is 4.75. The van der Waals surface area contributed by atoms with Crippen LogP contribution in [0.5, 0.6) is 11.5 Å². The molecule has 4 aromatic rings. The Labute approximate surface area is 190 Å². The van der Waals surface area contributed by atoms with Crippen LogP contribution in [-0.2, 0) is 6.54 Å². The number of hydrogen-bond acceptors (Lipinski definition) is 4. The molecule has 0 saturated heterocycles. The summed E-state index contributed by atoms with van der Waals surface area (Å²) >= 11 is 3.35. The summed E-state index contributed by atoms with van der Waals surface area (Å²) < 4.78 is 9.30. The molecule has 0 fully saturated rings. The number of hydrogen-bond donors (Lipinski definition) is 0. The lowest BCUT2D eigenvalue weighted by atomic mass is 10.1. The number of amides is 1. The lowest BCUT2D eigenvalue weighted by Crippen LogP contribution is -2.18. The highest BCUT2D eigenvalue weighted by Gasteiger charge is 2.15. The Kier molecular flexibility index (Phi) is 6.59. The number of benzene rings is 3. The van der Waals surface area contributed by atoms with Gasteiger partial charge in [0.1, 0.15) is 11.5 Å². The van der Waals surface area contributed by atoms with Crippen molar-refractivity contribution >= 4 is 39.2 Å². The van der Waals surface area contributed by atoms with E-state index in [1.165, 1.54) is 15.8 Å². The second kappa shape index (κ2) is 9.54. The van der Waals surface area contributed by atoms with Gasteiger partial charge in [0.15, 0.2) is 4.80 Å². The Morgan fingerprint density at radius 2 is 1.81 bits per heavy atom. The van der Waals surface area contributed by atoms with Crippen LogP contribution in [0.4, 0.5) is 0 Å². The molecule has 4 rings (SSSR count). The number of carbonyl (C=O) groups excluding carboxylic acids is 1. The van der Waals surface area contributed by atoms with Gasteiger partial charge in [-0.15, -0.1) is 0 Å². The van der Waals surface area contributed by atoms with Gasteiger partial charge in [0.05, 0.1) is 15.8 Å². The van der Waals surface area contributed by atoms with Gasteiger partial charge in [-0.3, -0.25) is 4.79 Å². The van der Waals surface area contributed by atoms with Crippen molar-refractivity contribution in [2.24, 2.45) is 4.99 Å². The molecule has 1 aromatic heterocycles. The number of para-hydroxylation sites is 2. The van der Waals surface area contributed by atoms with Crippen molar-refractivity contribution in [3.63, 3.8) is 0 Å². The Morgan fingerprint density at radius 3 is 2.58 bits per heavy atom. The predicted molar refractivity (Wildman–Crippen MR) is 131 cm³/mol. The zero-order chi connectivity index (χ0) is 21.8. The fourth-order valence-corrected chi connectivity index (χ4v) is 4.96. The molecule has 0 radical (unpaired) electrons. The highest BCUT2D eigenvalue weighted by atomic mass is 32.2. The first-order valence-electron chi connectivity index (χ1n) is 10.1. The van der Waals surface area contributed by atoms with Crippen molar-refractivity contribution in [3.05, 3.63) is 88.2 Å². The maximum atomic E-state index is 13.2.